The summed E-state index contributed by atoms with van der Waals surface area (Å²) in [4.78, 5) is 2.76. The maximum absolute atomic E-state index is 2.76. The molecule has 1 saturated heterocycles. The Morgan fingerprint density at radius 2 is 1.54 bits per heavy atom. The fraction of sp³-hybridized carbons (Fsp3) is 0.739. The maximum Gasteiger partial charge on any atom is 0.0441 e. The van der Waals surface area contributed by atoms with E-state index in [1.165, 1.54) is 49.0 Å². The van der Waals surface area contributed by atoms with Crippen LogP contribution >= 0.6 is 0 Å². The summed E-state index contributed by atoms with van der Waals surface area (Å²) in [6, 6.07) is 6.96. The van der Waals surface area contributed by atoms with E-state index in [1.54, 1.807) is 0 Å². The summed E-state index contributed by atoms with van der Waals surface area (Å²) in [5.41, 5.74) is 5.25. The minimum atomic E-state index is 0.233. The molecule has 1 heteroatoms. The van der Waals surface area contributed by atoms with Crippen molar-refractivity contribution < 1.29 is 0 Å². The van der Waals surface area contributed by atoms with Crippen LogP contribution in [0.2, 0.25) is 0 Å². The number of hydrogen-bond donors (Lipinski definition) is 0. The zero-order valence-electron chi connectivity index (χ0n) is 17.4. The van der Waals surface area contributed by atoms with Crippen molar-refractivity contribution in [1.82, 2.24) is 0 Å². The van der Waals surface area contributed by atoms with Gasteiger partial charge in [0.1, 0.15) is 0 Å². The fourth-order valence-electron chi connectivity index (χ4n) is 4.77. The Morgan fingerprint density at radius 1 is 1.00 bits per heavy atom. The van der Waals surface area contributed by atoms with E-state index in [1.807, 2.05) is 0 Å². The Labute approximate surface area is 150 Å². The standard InChI is InChI=1S/C23H39N/c1-9-10-14-23(8)15-22(6,7)24(16-23)21-19(17(2)3)12-11-13-20(21)18(4)5/h11-13,17-18H,9-10,14-16H2,1-8H3/t23-/m1/s1. The van der Waals surface area contributed by atoms with E-state index in [9.17, 15) is 0 Å². The summed E-state index contributed by atoms with van der Waals surface area (Å²) < 4.78 is 0. The summed E-state index contributed by atoms with van der Waals surface area (Å²) in [5, 5.41) is 0. The molecule has 0 N–H and O–H groups in total. The van der Waals surface area contributed by atoms with Crippen LogP contribution in [-0.2, 0) is 0 Å². The highest BCUT2D eigenvalue weighted by Crippen LogP contribution is 2.49. The van der Waals surface area contributed by atoms with Crippen molar-refractivity contribution in [2.75, 3.05) is 11.4 Å². The lowest BCUT2D eigenvalue weighted by Crippen LogP contribution is -2.39. The van der Waals surface area contributed by atoms with E-state index >= 15 is 0 Å². The molecule has 1 heterocycles. The number of hydrogen-bond acceptors (Lipinski definition) is 1. The molecule has 0 spiro atoms. The minimum absolute atomic E-state index is 0.233. The van der Waals surface area contributed by atoms with Gasteiger partial charge in [-0.2, -0.15) is 0 Å². The molecule has 2 rings (SSSR count). The third-order valence-corrected chi connectivity index (χ3v) is 5.88. The molecule has 24 heavy (non-hydrogen) atoms. The van der Waals surface area contributed by atoms with Gasteiger partial charge in [0.25, 0.3) is 0 Å². The molecule has 136 valence electrons. The third kappa shape index (κ3) is 3.81. The zero-order valence-corrected chi connectivity index (χ0v) is 17.4. The molecule has 1 aliphatic heterocycles. The quantitative estimate of drug-likeness (QED) is 0.537. The van der Waals surface area contributed by atoms with Gasteiger partial charge in [0.15, 0.2) is 0 Å². The number of rotatable bonds is 6. The lowest BCUT2D eigenvalue weighted by Gasteiger charge is -2.38. The van der Waals surface area contributed by atoms with Crippen LogP contribution in [0.5, 0.6) is 0 Å². The molecule has 1 aromatic rings. The van der Waals surface area contributed by atoms with E-state index < -0.39 is 0 Å². The fourth-order valence-corrected chi connectivity index (χ4v) is 4.77. The third-order valence-electron chi connectivity index (χ3n) is 5.88. The first-order chi connectivity index (χ1) is 11.1. The number of anilines is 1. The van der Waals surface area contributed by atoms with Crippen molar-refractivity contribution >= 4 is 5.69 Å². The van der Waals surface area contributed by atoms with E-state index in [2.05, 4.69) is 78.5 Å². The van der Waals surface area contributed by atoms with Crippen molar-refractivity contribution in [3.8, 4) is 0 Å². The van der Waals surface area contributed by atoms with Crippen molar-refractivity contribution in [3.05, 3.63) is 29.3 Å². The molecular weight excluding hydrogens is 290 g/mol. The Bertz CT molecular complexity index is 529. The minimum Gasteiger partial charge on any atom is -0.365 e. The van der Waals surface area contributed by atoms with E-state index in [0.717, 1.165) is 0 Å². The molecule has 1 aliphatic rings. The van der Waals surface area contributed by atoms with Crippen LogP contribution in [0.4, 0.5) is 5.69 Å². The first kappa shape index (κ1) is 19.3. The molecule has 0 saturated carbocycles. The normalized spacial score (nSPS) is 23.5. The molecule has 1 atom stereocenters. The number of nitrogens with zero attached hydrogens (tertiary/aromatic N) is 1. The molecule has 0 aromatic heterocycles. The molecule has 0 unspecified atom stereocenters. The van der Waals surface area contributed by atoms with Crippen LogP contribution < -0.4 is 4.90 Å². The molecule has 0 bridgehead atoms. The first-order valence-electron chi connectivity index (χ1n) is 10.0. The Balaban J connectivity index is 2.50. The van der Waals surface area contributed by atoms with Gasteiger partial charge < -0.3 is 4.90 Å². The highest BCUT2D eigenvalue weighted by atomic mass is 15.2. The van der Waals surface area contributed by atoms with Crippen LogP contribution in [0.15, 0.2) is 18.2 Å². The molecule has 1 aromatic carbocycles. The van der Waals surface area contributed by atoms with Crippen molar-refractivity contribution in [2.24, 2.45) is 5.41 Å². The summed E-state index contributed by atoms with van der Waals surface area (Å²) in [6.07, 6.45) is 5.30. The number of benzene rings is 1. The topological polar surface area (TPSA) is 3.24 Å². The Kier molecular flexibility index (Phi) is 5.72. The predicted octanol–water partition coefficient (Wildman–Crippen LogP) is 7.12. The number of para-hydroxylation sites is 1. The monoisotopic (exact) mass is 329 g/mol. The van der Waals surface area contributed by atoms with Crippen molar-refractivity contribution in [1.29, 1.82) is 0 Å². The van der Waals surface area contributed by atoms with Gasteiger partial charge in [0, 0.05) is 17.8 Å². The second-order valence-corrected chi connectivity index (χ2v) is 9.58. The lowest BCUT2D eigenvalue weighted by molar-refractivity contribution is 0.300. The predicted molar refractivity (Wildman–Crippen MR) is 108 cm³/mol. The number of unbranched alkanes of at least 4 members (excludes halogenated alkanes) is 1. The smallest absolute Gasteiger partial charge is 0.0441 e. The molecule has 0 aliphatic carbocycles. The van der Waals surface area contributed by atoms with Gasteiger partial charge in [0.05, 0.1) is 0 Å². The molecule has 1 nitrogen and oxygen atoms in total. The van der Waals surface area contributed by atoms with Crippen LogP contribution in [0.3, 0.4) is 0 Å². The second-order valence-electron chi connectivity index (χ2n) is 9.58. The van der Waals surface area contributed by atoms with Crippen LogP contribution in [0, 0.1) is 5.41 Å². The van der Waals surface area contributed by atoms with Gasteiger partial charge in [-0.1, -0.05) is 72.6 Å². The zero-order chi connectivity index (χ0) is 18.1. The van der Waals surface area contributed by atoms with Crippen LogP contribution in [0.25, 0.3) is 0 Å². The van der Waals surface area contributed by atoms with Gasteiger partial charge in [-0.05, 0) is 55.1 Å². The first-order valence-corrected chi connectivity index (χ1v) is 10.0. The lowest BCUT2D eigenvalue weighted by atomic mass is 9.80. The van der Waals surface area contributed by atoms with Gasteiger partial charge >= 0.3 is 0 Å². The molecular formula is C23H39N. The largest absolute Gasteiger partial charge is 0.365 e. The van der Waals surface area contributed by atoms with E-state index in [4.69, 9.17) is 0 Å². The summed E-state index contributed by atoms with van der Waals surface area (Å²) in [7, 11) is 0. The Hall–Kier alpha value is -0.980. The van der Waals surface area contributed by atoms with Gasteiger partial charge in [-0.15, -0.1) is 0 Å². The summed E-state index contributed by atoms with van der Waals surface area (Å²) >= 11 is 0. The van der Waals surface area contributed by atoms with Crippen LogP contribution in [0.1, 0.15) is 104 Å². The summed E-state index contributed by atoms with van der Waals surface area (Å²) in [6.45, 7) is 20.3. The van der Waals surface area contributed by atoms with E-state index in [-0.39, 0.29) is 5.54 Å². The van der Waals surface area contributed by atoms with Crippen LogP contribution in [-0.4, -0.2) is 12.1 Å². The Morgan fingerprint density at radius 3 is 2.00 bits per heavy atom. The average Bonchev–Trinajstić information content (AvgIpc) is 2.73. The average molecular weight is 330 g/mol. The molecule has 0 radical (unpaired) electrons. The van der Waals surface area contributed by atoms with Gasteiger partial charge in [-0.3, -0.25) is 0 Å². The summed E-state index contributed by atoms with van der Waals surface area (Å²) in [5.74, 6) is 1.13. The highest BCUT2D eigenvalue weighted by Gasteiger charge is 2.46. The highest BCUT2D eigenvalue weighted by molar-refractivity contribution is 5.64. The van der Waals surface area contributed by atoms with Gasteiger partial charge in [-0.25, -0.2) is 0 Å². The maximum atomic E-state index is 2.76. The van der Waals surface area contributed by atoms with Gasteiger partial charge in [0.2, 0.25) is 0 Å². The SMILES string of the molecule is CCCC[C@@]1(C)CN(c2c(C(C)C)cccc2C(C)C)C(C)(C)C1. The van der Waals surface area contributed by atoms with Crippen molar-refractivity contribution in [2.45, 2.75) is 98.4 Å². The second kappa shape index (κ2) is 7.10. The van der Waals surface area contributed by atoms with Crippen molar-refractivity contribution in [3.63, 3.8) is 0 Å². The molecule has 1 fully saturated rings. The molecule has 0 amide bonds. The van der Waals surface area contributed by atoms with E-state index in [0.29, 0.717) is 17.3 Å².